The number of rotatable bonds is 7. The van der Waals surface area contributed by atoms with Crippen molar-refractivity contribution < 1.29 is 29.5 Å². The number of hydrogen-bond acceptors (Lipinski definition) is 8. The van der Waals surface area contributed by atoms with E-state index in [1.807, 2.05) is 0 Å². The highest BCUT2D eigenvalue weighted by Crippen LogP contribution is 2.20. The molecule has 3 rings (SSSR count). The molecule has 1 atom stereocenters. The molecule has 2 aliphatic heterocycles. The van der Waals surface area contributed by atoms with Crippen LogP contribution < -0.4 is 17.2 Å². The van der Waals surface area contributed by atoms with Crippen LogP contribution in [0.1, 0.15) is 32.1 Å². The van der Waals surface area contributed by atoms with Gasteiger partial charge in [-0.1, -0.05) is 0 Å². The van der Waals surface area contributed by atoms with Crippen LogP contribution in [0.2, 0.25) is 0 Å². The maximum Gasteiger partial charge on any atom is 0.346 e. The fraction of sp³-hybridized carbons (Fsp3) is 0.667. The topological polar surface area (TPSA) is 164 Å². The molecule has 29 heavy (non-hydrogen) atoms. The number of esters is 1. The molecule has 0 radical (unpaired) electrons. The second kappa shape index (κ2) is 12.1. The lowest BCUT2D eigenvalue weighted by molar-refractivity contribution is -0.368. The number of aromatic amines is 1. The van der Waals surface area contributed by atoms with Crippen LogP contribution >= 0.6 is 0 Å². The molecule has 11 nitrogen and oxygen atoms in total. The van der Waals surface area contributed by atoms with Crippen LogP contribution in [0.3, 0.4) is 0 Å². The third-order valence-corrected chi connectivity index (χ3v) is 4.49. The number of quaternary nitrogens is 1. The molecule has 0 bridgehead atoms. The summed E-state index contributed by atoms with van der Waals surface area (Å²) in [6.07, 6.45) is 4.65. The van der Waals surface area contributed by atoms with E-state index < -0.39 is 18.0 Å². The first kappa shape index (κ1) is 22.8. The van der Waals surface area contributed by atoms with Gasteiger partial charge in [-0.3, -0.25) is 9.78 Å². The molecule has 2 aliphatic rings. The highest BCUT2D eigenvalue weighted by atomic mass is 16.7. The Morgan fingerprint density at radius 1 is 1.34 bits per heavy atom. The van der Waals surface area contributed by atoms with Gasteiger partial charge in [0.05, 0.1) is 19.8 Å². The summed E-state index contributed by atoms with van der Waals surface area (Å²) < 4.78 is 15.7. The van der Waals surface area contributed by atoms with E-state index in [0.29, 0.717) is 38.4 Å². The van der Waals surface area contributed by atoms with E-state index in [1.54, 1.807) is 4.90 Å². The van der Waals surface area contributed by atoms with Crippen LogP contribution in [0.15, 0.2) is 17.1 Å². The smallest absolute Gasteiger partial charge is 0.346 e. The van der Waals surface area contributed by atoms with Crippen LogP contribution in [0.4, 0.5) is 5.82 Å². The van der Waals surface area contributed by atoms with E-state index in [9.17, 15) is 14.4 Å². The highest BCUT2D eigenvalue weighted by Gasteiger charge is 2.35. The predicted octanol–water partition coefficient (Wildman–Crippen LogP) is -1.34. The van der Waals surface area contributed by atoms with Crippen molar-refractivity contribution in [3.8, 4) is 0 Å². The average Bonchev–Trinajstić information content (AvgIpc) is 3.38. The maximum absolute atomic E-state index is 12.1. The van der Waals surface area contributed by atoms with Crippen LogP contribution in [0.5, 0.6) is 0 Å². The van der Waals surface area contributed by atoms with Crippen LogP contribution in [-0.2, 0) is 23.8 Å². The lowest BCUT2D eigenvalue weighted by atomic mass is 10.2. The number of likely N-dealkylation sites (tertiary alicyclic amines) is 1. The molecule has 2 fully saturated rings. The monoisotopic (exact) mass is 412 g/mol. The Morgan fingerprint density at radius 3 is 2.72 bits per heavy atom. The number of nitrogens with zero attached hydrogens (tertiary/aromatic N) is 2. The number of anilines is 1. The molecule has 3 heterocycles. The quantitative estimate of drug-likeness (QED) is 0.366. The third-order valence-electron chi connectivity index (χ3n) is 4.49. The minimum atomic E-state index is -0.462. The van der Waals surface area contributed by atoms with Crippen LogP contribution in [0, 0.1) is 0 Å². The van der Waals surface area contributed by atoms with Crippen molar-refractivity contribution in [3.05, 3.63) is 22.7 Å². The number of carbonyl (C=O) groups excluding carboxylic acids is 2. The lowest BCUT2D eigenvalue weighted by Crippen LogP contribution is -2.50. The Morgan fingerprint density at radius 2 is 2.10 bits per heavy atom. The van der Waals surface area contributed by atoms with Crippen molar-refractivity contribution in [3.63, 3.8) is 0 Å². The van der Waals surface area contributed by atoms with Gasteiger partial charge in [-0.2, -0.15) is 0 Å². The molecular weight excluding hydrogens is 382 g/mol. The van der Waals surface area contributed by atoms with Crippen molar-refractivity contribution in [1.29, 1.82) is 0 Å². The minimum absolute atomic E-state index is 0.0382. The maximum atomic E-state index is 12.1. The van der Waals surface area contributed by atoms with E-state index in [1.165, 1.54) is 12.3 Å². The molecular formula is C18H30N5O6+. The Balaban J connectivity index is 0.000000313. The number of nitrogen functional groups attached to an aromatic ring is 1. The van der Waals surface area contributed by atoms with E-state index >= 15 is 0 Å². The SMILES string of the molecule is Nc1ccnc(=O)[nH]1.[NH3+]CCCCC(=O)N1CCCC1C(=O)OCC1OCCO1. The first-order valence-electron chi connectivity index (χ1n) is 9.80. The van der Waals surface area contributed by atoms with Gasteiger partial charge >= 0.3 is 11.7 Å². The molecule has 6 N–H and O–H groups in total. The molecule has 1 aromatic rings. The molecule has 0 aromatic carbocycles. The first-order chi connectivity index (χ1) is 14.0. The van der Waals surface area contributed by atoms with Gasteiger partial charge in [0.25, 0.3) is 0 Å². The van der Waals surface area contributed by atoms with Gasteiger partial charge in [0.1, 0.15) is 18.5 Å². The molecule has 0 spiro atoms. The molecule has 1 aromatic heterocycles. The normalized spacial score (nSPS) is 18.9. The first-order valence-corrected chi connectivity index (χ1v) is 9.80. The molecule has 2 saturated heterocycles. The van der Waals surface area contributed by atoms with Crippen LogP contribution in [-0.4, -0.2) is 72.0 Å². The number of amides is 1. The number of H-pyrrole nitrogens is 1. The van der Waals surface area contributed by atoms with Gasteiger partial charge in [-0.15, -0.1) is 0 Å². The second-order valence-electron chi connectivity index (χ2n) is 6.69. The summed E-state index contributed by atoms with van der Waals surface area (Å²) in [6, 6.07) is 1.07. The highest BCUT2D eigenvalue weighted by molar-refractivity contribution is 5.85. The molecule has 11 heteroatoms. The number of carbonyl (C=O) groups is 2. The van der Waals surface area contributed by atoms with Crippen molar-refractivity contribution >= 4 is 17.7 Å². The molecule has 1 unspecified atom stereocenters. The number of hydrogen-bond donors (Lipinski definition) is 3. The molecule has 0 aliphatic carbocycles. The number of aromatic nitrogens is 2. The van der Waals surface area contributed by atoms with Crippen molar-refractivity contribution in [2.45, 2.75) is 44.4 Å². The standard InChI is InChI=1S/C14H24N2O5.C4H5N3O/c15-6-2-1-5-12(17)16-7-3-4-11(16)14(18)21-10-13-19-8-9-20-13;5-3-1-2-6-4(8)7-3/h11,13H,1-10,15H2;1-2H,(H3,5,6,7,8)/p+1. The van der Waals surface area contributed by atoms with Gasteiger partial charge < -0.3 is 30.6 Å². The summed E-state index contributed by atoms with van der Waals surface area (Å²) in [5, 5.41) is 0. The van der Waals surface area contributed by atoms with Crippen molar-refractivity contribution in [2.75, 3.05) is 38.6 Å². The molecule has 0 saturated carbocycles. The van der Waals surface area contributed by atoms with E-state index in [4.69, 9.17) is 19.9 Å². The zero-order chi connectivity index (χ0) is 21.1. The fourth-order valence-electron chi connectivity index (χ4n) is 3.04. The largest absolute Gasteiger partial charge is 0.459 e. The third kappa shape index (κ3) is 7.80. The summed E-state index contributed by atoms with van der Waals surface area (Å²) in [5.41, 5.74) is 8.51. The fourth-order valence-corrected chi connectivity index (χ4v) is 3.04. The zero-order valence-corrected chi connectivity index (χ0v) is 16.5. The van der Waals surface area contributed by atoms with E-state index in [-0.39, 0.29) is 18.5 Å². The average molecular weight is 412 g/mol. The number of ether oxygens (including phenoxy) is 3. The van der Waals surface area contributed by atoms with Gasteiger partial charge in [-0.05, 0) is 31.7 Å². The van der Waals surface area contributed by atoms with Gasteiger partial charge in [0, 0.05) is 19.2 Å². The summed E-state index contributed by atoms with van der Waals surface area (Å²) in [4.78, 5) is 41.8. The Labute approximate surface area is 168 Å². The van der Waals surface area contributed by atoms with E-state index in [2.05, 4.69) is 15.7 Å². The molecule has 162 valence electrons. The number of nitrogens with two attached hydrogens (primary N) is 1. The summed E-state index contributed by atoms with van der Waals surface area (Å²) in [7, 11) is 0. The second-order valence-corrected chi connectivity index (χ2v) is 6.69. The van der Waals surface area contributed by atoms with Crippen LogP contribution in [0.25, 0.3) is 0 Å². The lowest BCUT2D eigenvalue weighted by Gasteiger charge is -2.23. The number of nitrogens with one attached hydrogen (secondary N) is 1. The predicted molar refractivity (Wildman–Crippen MR) is 102 cm³/mol. The van der Waals surface area contributed by atoms with E-state index in [0.717, 1.165) is 25.8 Å². The summed E-state index contributed by atoms with van der Waals surface area (Å²) >= 11 is 0. The van der Waals surface area contributed by atoms with Crippen molar-refractivity contribution in [1.82, 2.24) is 14.9 Å². The Kier molecular flexibility index (Phi) is 9.54. The van der Waals surface area contributed by atoms with Crippen molar-refractivity contribution in [2.24, 2.45) is 0 Å². The summed E-state index contributed by atoms with van der Waals surface area (Å²) in [5.74, 6) is 0.0263. The Bertz CT molecular complexity index is 706. The Hall–Kier alpha value is -2.50. The van der Waals surface area contributed by atoms with Gasteiger partial charge in [0.2, 0.25) is 5.91 Å². The van der Waals surface area contributed by atoms with Gasteiger partial charge in [0.15, 0.2) is 6.29 Å². The summed E-state index contributed by atoms with van der Waals surface area (Å²) in [6.45, 7) is 2.63. The molecule has 1 amide bonds. The minimum Gasteiger partial charge on any atom is -0.459 e. The number of unbranched alkanes of at least 4 members (excludes halogenated alkanes) is 1. The zero-order valence-electron chi connectivity index (χ0n) is 16.5. The van der Waals surface area contributed by atoms with Gasteiger partial charge in [-0.25, -0.2) is 14.6 Å².